The number of hydrogen-bond acceptors (Lipinski definition) is 2. The fourth-order valence-corrected chi connectivity index (χ4v) is 0.880. The SMILES string of the molecule is C=C/C=C(\CC=N)CCCN. The van der Waals surface area contributed by atoms with Crippen LogP contribution in [0.5, 0.6) is 0 Å². The Labute approximate surface area is 68.3 Å². The second kappa shape index (κ2) is 7.22. The monoisotopic (exact) mass is 152 g/mol. The van der Waals surface area contributed by atoms with Crippen LogP contribution in [-0.2, 0) is 0 Å². The maximum Gasteiger partial charge on any atom is 0.00333 e. The summed E-state index contributed by atoms with van der Waals surface area (Å²) in [5.74, 6) is 0. The van der Waals surface area contributed by atoms with Crippen LogP contribution in [0, 0.1) is 5.41 Å². The fourth-order valence-electron chi connectivity index (χ4n) is 0.880. The van der Waals surface area contributed by atoms with Gasteiger partial charge in [0.15, 0.2) is 0 Å². The highest BCUT2D eigenvalue weighted by Gasteiger charge is 1.92. The van der Waals surface area contributed by atoms with Gasteiger partial charge in [0, 0.05) is 6.42 Å². The predicted molar refractivity (Wildman–Crippen MR) is 50.0 cm³/mol. The van der Waals surface area contributed by atoms with Crippen molar-refractivity contribution in [2.45, 2.75) is 19.3 Å². The maximum atomic E-state index is 6.92. The first-order valence-corrected chi connectivity index (χ1v) is 3.84. The third-order valence-electron chi connectivity index (χ3n) is 1.42. The summed E-state index contributed by atoms with van der Waals surface area (Å²) in [4.78, 5) is 0. The Bertz CT molecular complexity index is 148. The molecule has 0 aromatic carbocycles. The molecule has 0 fully saturated rings. The minimum absolute atomic E-state index is 0.715. The molecule has 0 radical (unpaired) electrons. The van der Waals surface area contributed by atoms with Gasteiger partial charge in [-0.3, -0.25) is 0 Å². The highest BCUT2D eigenvalue weighted by molar-refractivity contribution is 5.57. The largest absolute Gasteiger partial charge is 0.330 e. The van der Waals surface area contributed by atoms with Crippen LogP contribution < -0.4 is 5.73 Å². The van der Waals surface area contributed by atoms with Crippen LogP contribution in [0.25, 0.3) is 0 Å². The van der Waals surface area contributed by atoms with Gasteiger partial charge in [0.25, 0.3) is 0 Å². The van der Waals surface area contributed by atoms with Crippen LogP contribution in [-0.4, -0.2) is 12.8 Å². The van der Waals surface area contributed by atoms with Gasteiger partial charge in [-0.1, -0.05) is 24.3 Å². The molecule has 0 aliphatic carbocycles. The van der Waals surface area contributed by atoms with E-state index >= 15 is 0 Å². The van der Waals surface area contributed by atoms with Crippen molar-refractivity contribution >= 4 is 6.21 Å². The van der Waals surface area contributed by atoms with Gasteiger partial charge in [-0.15, -0.1) is 0 Å². The van der Waals surface area contributed by atoms with Crippen LogP contribution >= 0.6 is 0 Å². The zero-order chi connectivity index (χ0) is 8.53. The normalized spacial score (nSPS) is 11.2. The summed E-state index contributed by atoms with van der Waals surface area (Å²) in [7, 11) is 0. The summed E-state index contributed by atoms with van der Waals surface area (Å²) in [6.45, 7) is 4.32. The van der Waals surface area contributed by atoms with Crippen molar-refractivity contribution in [2.75, 3.05) is 6.54 Å². The molecule has 0 amide bonds. The quantitative estimate of drug-likeness (QED) is 0.443. The van der Waals surface area contributed by atoms with Gasteiger partial charge in [0.05, 0.1) is 0 Å². The minimum Gasteiger partial charge on any atom is -0.330 e. The summed E-state index contributed by atoms with van der Waals surface area (Å²) in [5.41, 5.74) is 6.60. The molecule has 0 saturated heterocycles. The number of hydrogen-bond donors (Lipinski definition) is 2. The lowest BCUT2D eigenvalue weighted by Gasteiger charge is -2.00. The second-order valence-electron chi connectivity index (χ2n) is 2.36. The van der Waals surface area contributed by atoms with E-state index in [1.165, 1.54) is 11.8 Å². The average molecular weight is 152 g/mol. The van der Waals surface area contributed by atoms with Crippen molar-refractivity contribution in [3.63, 3.8) is 0 Å². The lowest BCUT2D eigenvalue weighted by Crippen LogP contribution is -1.99. The highest BCUT2D eigenvalue weighted by atomic mass is 14.5. The molecule has 0 spiro atoms. The molecule has 0 aromatic rings. The Morgan fingerprint density at radius 1 is 1.55 bits per heavy atom. The molecule has 11 heavy (non-hydrogen) atoms. The van der Waals surface area contributed by atoms with E-state index in [9.17, 15) is 0 Å². The first-order valence-electron chi connectivity index (χ1n) is 3.84. The molecular formula is C9H16N2. The van der Waals surface area contributed by atoms with E-state index in [2.05, 4.69) is 6.58 Å². The van der Waals surface area contributed by atoms with Crippen molar-refractivity contribution in [1.82, 2.24) is 0 Å². The third-order valence-corrected chi connectivity index (χ3v) is 1.42. The van der Waals surface area contributed by atoms with Crippen LogP contribution in [0.1, 0.15) is 19.3 Å². The number of allylic oxidation sites excluding steroid dienone is 3. The molecule has 2 heteroatoms. The van der Waals surface area contributed by atoms with Gasteiger partial charge in [0.2, 0.25) is 0 Å². The number of nitrogens with two attached hydrogens (primary N) is 1. The first-order chi connectivity index (χ1) is 5.35. The van der Waals surface area contributed by atoms with E-state index in [0.29, 0.717) is 6.54 Å². The molecule has 0 aliphatic rings. The van der Waals surface area contributed by atoms with E-state index in [1.54, 1.807) is 6.08 Å². The molecule has 3 N–H and O–H groups in total. The van der Waals surface area contributed by atoms with Crippen molar-refractivity contribution in [1.29, 1.82) is 5.41 Å². The predicted octanol–water partition coefficient (Wildman–Crippen LogP) is 1.88. The fraction of sp³-hybridized carbons (Fsp3) is 0.444. The van der Waals surface area contributed by atoms with Crippen LogP contribution in [0.4, 0.5) is 0 Å². The summed E-state index contributed by atoms with van der Waals surface area (Å²) >= 11 is 0. The smallest absolute Gasteiger partial charge is 0.00333 e. The van der Waals surface area contributed by atoms with Crippen LogP contribution in [0.3, 0.4) is 0 Å². The molecule has 0 rings (SSSR count). The zero-order valence-corrected chi connectivity index (χ0v) is 6.84. The average Bonchev–Trinajstić information content (AvgIpc) is 2.01. The Morgan fingerprint density at radius 3 is 2.73 bits per heavy atom. The zero-order valence-electron chi connectivity index (χ0n) is 6.84. The molecule has 0 atom stereocenters. The van der Waals surface area contributed by atoms with E-state index in [1.807, 2.05) is 6.08 Å². The van der Waals surface area contributed by atoms with Crippen molar-refractivity contribution < 1.29 is 0 Å². The standard InChI is InChI=1S/C9H16N2/c1-2-4-9(6-8-11)5-3-7-10/h2,4,8,11H,1,3,5-7,10H2/b9-4-,11-8?. The maximum absolute atomic E-state index is 6.92. The molecule has 0 aromatic heterocycles. The van der Waals surface area contributed by atoms with E-state index < -0.39 is 0 Å². The van der Waals surface area contributed by atoms with Gasteiger partial charge >= 0.3 is 0 Å². The third kappa shape index (κ3) is 5.55. The van der Waals surface area contributed by atoms with Gasteiger partial charge in [-0.2, -0.15) is 0 Å². The highest BCUT2D eigenvalue weighted by Crippen LogP contribution is 2.07. The Hall–Kier alpha value is -0.890. The Kier molecular flexibility index (Phi) is 6.64. The number of rotatable bonds is 6. The molecule has 0 bridgehead atoms. The van der Waals surface area contributed by atoms with Crippen molar-refractivity contribution in [2.24, 2.45) is 5.73 Å². The van der Waals surface area contributed by atoms with Gasteiger partial charge in [-0.25, -0.2) is 0 Å². The summed E-state index contributed by atoms with van der Waals surface area (Å²) in [6, 6.07) is 0. The summed E-state index contributed by atoms with van der Waals surface area (Å²) < 4.78 is 0. The molecule has 62 valence electrons. The molecule has 0 aliphatic heterocycles. The van der Waals surface area contributed by atoms with Crippen molar-refractivity contribution in [3.05, 3.63) is 24.3 Å². The summed E-state index contributed by atoms with van der Waals surface area (Å²) in [5, 5.41) is 6.92. The Morgan fingerprint density at radius 2 is 2.27 bits per heavy atom. The number of nitrogens with one attached hydrogen (secondary N) is 1. The lowest BCUT2D eigenvalue weighted by molar-refractivity contribution is 0.815. The first kappa shape index (κ1) is 10.1. The lowest BCUT2D eigenvalue weighted by atomic mass is 10.1. The minimum atomic E-state index is 0.715. The summed E-state index contributed by atoms with van der Waals surface area (Å²) in [6.07, 6.45) is 7.83. The van der Waals surface area contributed by atoms with Gasteiger partial charge < -0.3 is 11.1 Å². The van der Waals surface area contributed by atoms with E-state index in [-0.39, 0.29) is 0 Å². The molecule has 2 nitrogen and oxygen atoms in total. The van der Waals surface area contributed by atoms with E-state index in [4.69, 9.17) is 11.1 Å². The van der Waals surface area contributed by atoms with Crippen molar-refractivity contribution in [3.8, 4) is 0 Å². The molecule has 0 saturated carbocycles. The molecule has 0 heterocycles. The Balaban J connectivity index is 3.78. The van der Waals surface area contributed by atoms with Crippen LogP contribution in [0.15, 0.2) is 24.3 Å². The van der Waals surface area contributed by atoms with Gasteiger partial charge in [-0.05, 0) is 25.6 Å². The van der Waals surface area contributed by atoms with E-state index in [0.717, 1.165) is 19.3 Å². The van der Waals surface area contributed by atoms with Gasteiger partial charge in [0.1, 0.15) is 0 Å². The van der Waals surface area contributed by atoms with Crippen LogP contribution in [0.2, 0.25) is 0 Å². The molecular weight excluding hydrogens is 136 g/mol. The topological polar surface area (TPSA) is 49.9 Å². The second-order valence-corrected chi connectivity index (χ2v) is 2.36. The molecule has 0 unspecified atom stereocenters.